The van der Waals surface area contributed by atoms with Gasteiger partial charge in [-0.25, -0.2) is 4.39 Å². The molecule has 0 aliphatic carbocycles. The fraction of sp³-hybridized carbons (Fsp3) is 0.438. The maximum Gasteiger partial charge on any atom is 0.251 e. The van der Waals surface area contributed by atoms with Gasteiger partial charge in [0, 0.05) is 44.1 Å². The van der Waals surface area contributed by atoms with Crippen LogP contribution in [0.2, 0.25) is 0 Å². The molecule has 0 spiro atoms. The van der Waals surface area contributed by atoms with Gasteiger partial charge >= 0.3 is 0 Å². The second-order valence-electron chi connectivity index (χ2n) is 5.92. The number of fused-ring (bicyclic) bond motifs is 1. The quantitative estimate of drug-likeness (QED) is 0.829. The fourth-order valence-corrected chi connectivity index (χ4v) is 3.09. The molecule has 6 nitrogen and oxygen atoms in total. The van der Waals surface area contributed by atoms with E-state index >= 15 is 0 Å². The van der Waals surface area contributed by atoms with Crippen molar-refractivity contribution < 1.29 is 18.8 Å². The van der Waals surface area contributed by atoms with Gasteiger partial charge in [-0.15, -0.1) is 0 Å². The standard InChI is InChI=1S/C16H18FN3O3/c17-12-3-1-10(2-4-12)15(22)18-6-5-14(21)20-8-11-7-19-16(23)13(11)9-20/h1-4,11,13H,5-9H2,(H,18,22)(H,19,23)/t11-,13+/m0/s1. The normalized spacial score (nSPS) is 22.7. The first kappa shape index (κ1) is 15.5. The highest BCUT2D eigenvalue weighted by atomic mass is 19.1. The highest BCUT2D eigenvalue weighted by molar-refractivity contribution is 5.94. The average molecular weight is 319 g/mol. The molecule has 2 fully saturated rings. The van der Waals surface area contributed by atoms with Gasteiger partial charge in [-0.05, 0) is 24.3 Å². The van der Waals surface area contributed by atoms with Gasteiger partial charge in [0.25, 0.3) is 5.91 Å². The number of hydrogen-bond donors (Lipinski definition) is 2. The van der Waals surface area contributed by atoms with Crippen molar-refractivity contribution in [2.45, 2.75) is 6.42 Å². The van der Waals surface area contributed by atoms with E-state index in [-0.39, 0.29) is 42.5 Å². The number of hydrogen-bond acceptors (Lipinski definition) is 3. The molecule has 2 N–H and O–H groups in total. The van der Waals surface area contributed by atoms with Crippen LogP contribution in [0.25, 0.3) is 0 Å². The number of likely N-dealkylation sites (tertiary alicyclic amines) is 1. The Bertz CT molecular complexity index is 632. The lowest BCUT2D eigenvalue weighted by molar-refractivity contribution is -0.130. The molecule has 0 unspecified atom stereocenters. The minimum Gasteiger partial charge on any atom is -0.355 e. The van der Waals surface area contributed by atoms with Gasteiger partial charge in [0.15, 0.2) is 0 Å². The second kappa shape index (κ2) is 6.36. The van der Waals surface area contributed by atoms with E-state index in [1.807, 2.05) is 0 Å². The van der Waals surface area contributed by atoms with Gasteiger partial charge in [0.1, 0.15) is 5.82 Å². The number of amides is 3. The summed E-state index contributed by atoms with van der Waals surface area (Å²) in [6.07, 6.45) is 0.188. The SMILES string of the molecule is O=C(NCCC(=O)N1C[C@@H]2CNC(=O)[C@@H]2C1)c1ccc(F)cc1. The molecule has 7 heteroatoms. The Morgan fingerprint density at radius 2 is 2.00 bits per heavy atom. The summed E-state index contributed by atoms with van der Waals surface area (Å²) in [5, 5.41) is 5.44. The Labute approximate surface area is 133 Å². The molecule has 2 aliphatic rings. The summed E-state index contributed by atoms with van der Waals surface area (Å²) in [4.78, 5) is 37.3. The van der Waals surface area contributed by atoms with Crippen LogP contribution in [-0.4, -0.2) is 48.8 Å². The molecular formula is C16H18FN3O3. The lowest BCUT2D eigenvalue weighted by Crippen LogP contribution is -2.35. The fourth-order valence-electron chi connectivity index (χ4n) is 3.09. The molecule has 2 atom stereocenters. The monoisotopic (exact) mass is 319 g/mol. The van der Waals surface area contributed by atoms with Gasteiger partial charge in [0.2, 0.25) is 11.8 Å². The van der Waals surface area contributed by atoms with E-state index in [9.17, 15) is 18.8 Å². The van der Waals surface area contributed by atoms with Crippen LogP contribution in [0.1, 0.15) is 16.8 Å². The summed E-state index contributed by atoms with van der Waals surface area (Å²) in [5.41, 5.74) is 0.353. The minimum atomic E-state index is -0.402. The van der Waals surface area contributed by atoms with E-state index in [1.165, 1.54) is 24.3 Å². The van der Waals surface area contributed by atoms with Crippen molar-refractivity contribution in [1.82, 2.24) is 15.5 Å². The topological polar surface area (TPSA) is 78.5 Å². The minimum absolute atomic E-state index is 0.0231. The smallest absolute Gasteiger partial charge is 0.251 e. The summed E-state index contributed by atoms with van der Waals surface area (Å²) in [6.45, 7) is 1.90. The van der Waals surface area contributed by atoms with Gasteiger partial charge in [-0.2, -0.15) is 0 Å². The highest BCUT2D eigenvalue weighted by Crippen LogP contribution is 2.27. The maximum atomic E-state index is 12.8. The Morgan fingerprint density at radius 1 is 1.26 bits per heavy atom. The zero-order valence-electron chi connectivity index (χ0n) is 12.5. The largest absolute Gasteiger partial charge is 0.355 e. The van der Waals surface area contributed by atoms with Crippen LogP contribution in [0.15, 0.2) is 24.3 Å². The Morgan fingerprint density at radius 3 is 2.70 bits per heavy atom. The third-order valence-corrected chi connectivity index (χ3v) is 4.40. The summed E-state index contributed by atoms with van der Waals surface area (Å²) in [6, 6.07) is 5.22. The van der Waals surface area contributed by atoms with Crippen LogP contribution in [0.3, 0.4) is 0 Å². The first-order chi connectivity index (χ1) is 11.0. The molecule has 0 radical (unpaired) electrons. The molecule has 2 aliphatic heterocycles. The summed E-state index contributed by atoms with van der Waals surface area (Å²) < 4.78 is 12.8. The summed E-state index contributed by atoms with van der Waals surface area (Å²) in [5.74, 6) is -0.662. The molecule has 1 aromatic carbocycles. The van der Waals surface area contributed by atoms with Gasteiger partial charge in [-0.3, -0.25) is 14.4 Å². The maximum absolute atomic E-state index is 12.8. The van der Waals surface area contributed by atoms with Crippen LogP contribution in [-0.2, 0) is 9.59 Å². The molecule has 122 valence electrons. The molecule has 3 rings (SSSR count). The summed E-state index contributed by atoms with van der Waals surface area (Å²) >= 11 is 0. The van der Waals surface area contributed by atoms with Gasteiger partial charge < -0.3 is 15.5 Å². The number of nitrogens with one attached hydrogen (secondary N) is 2. The molecule has 23 heavy (non-hydrogen) atoms. The number of halogens is 1. The van der Waals surface area contributed by atoms with Gasteiger partial charge in [-0.1, -0.05) is 0 Å². The van der Waals surface area contributed by atoms with Crippen LogP contribution < -0.4 is 10.6 Å². The number of carbonyl (C=O) groups is 3. The van der Waals surface area contributed by atoms with Crippen molar-refractivity contribution in [3.8, 4) is 0 Å². The average Bonchev–Trinajstić information content (AvgIpc) is 3.10. The van der Waals surface area contributed by atoms with E-state index in [0.29, 0.717) is 25.2 Å². The zero-order valence-corrected chi connectivity index (χ0v) is 12.5. The molecule has 2 heterocycles. The first-order valence-electron chi connectivity index (χ1n) is 7.64. The molecule has 0 aromatic heterocycles. The second-order valence-corrected chi connectivity index (χ2v) is 5.92. The molecule has 3 amide bonds. The molecule has 1 aromatic rings. The number of rotatable bonds is 4. The van der Waals surface area contributed by atoms with Crippen LogP contribution >= 0.6 is 0 Å². The van der Waals surface area contributed by atoms with Crippen molar-refractivity contribution in [3.05, 3.63) is 35.6 Å². The van der Waals surface area contributed by atoms with E-state index in [1.54, 1.807) is 4.90 Å². The zero-order chi connectivity index (χ0) is 16.4. The number of carbonyl (C=O) groups excluding carboxylic acids is 3. The van der Waals surface area contributed by atoms with Gasteiger partial charge in [0.05, 0.1) is 5.92 Å². The molecular weight excluding hydrogens is 301 g/mol. The van der Waals surface area contributed by atoms with E-state index in [2.05, 4.69) is 10.6 Å². The predicted octanol–water partition coefficient (Wildman–Crippen LogP) is 0.150. The Balaban J connectivity index is 1.44. The summed E-state index contributed by atoms with van der Waals surface area (Å²) in [7, 11) is 0. The molecule has 0 bridgehead atoms. The molecule has 0 saturated carbocycles. The van der Waals surface area contributed by atoms with Crippen molar-refractivity contribution >= 4 is 17.7 Å². The van der Waals surface area contributed by atoms with E-state index in [4.69, 9.17) is 0 Å². The predicted molar refractivity (Wildman–Crippen MR) is 79.9 cm³/mol. The lowest BCUT2D eigenvalue weighted by Gasteiger charge is -2.17. The highest BCUT2D eigenvalue weighted by Gasteiger charge is 2.43. The third-order valence-electron chi connectivity index (χ3n) is 4.40. The van der Waals surface area contributed by atoms with Crippen molar-refractivity contribution in [2.75, 3.05) is 26.2 Å². The number of benzene rings is 1. The van der Waals surface area contributed by atoms with E-state index < -0.39 is 5.82 Å². The van der Waals surface area contributed by atoms with Crippen LogP contribution in [0, 0.1) is 17.7 Å². The third kappa shape index (κ3) is 3.33. The lowest BCUT2D eigenvalue weighted by atomic mass is 10.0. The molecule has 2 saturated heterocycles. The van der Waals surface area contributed by atoms with Crippen molar-refractivity contribution in [3.63, 3.8) is 0 Å². The van der Waals surface area contributed by atoms with Crippen molar-refractivity contribution in [1.29, 1.82) is 0 Å². The Hall–Kier alpha value is -2.44. The van der Waals surface area contributed by atoms with Crippen LogP contribution in [0.5, 0.6) is 0 Å². The van der Waals surface area contributed by atoms with E-state index in [0.717, 1.165) is 0 Å². The Kier molecular flexibility index (Phi) is 4.27. The van der Waals surface area contributed by atoms with Crippen LogP contribution in [0.4, 0.5) is 4.39 Å². The first-order valence-corrected chi connectivity index (χ1v) is 7.64. The number of nitrogens with zero attached hydrogens (tertiary/aromatic N) is 1. The van der Waals surface area contributed by atoms with Crippen molar-refractivity contribution in [2.24, 2.45) is 11.8 Å².